The monoisotopic (exact) mass is 632 g/mol. The van der Waals surface area contributed by atoms with Gasteiger partial charge in [0.15, 0.2) is 11.5 Å². The standard InChI is InChI=1S/C33H34ClFN6O4/c1-18-8-6-10-25(37-33(43)31-20(3)41(40-39-31)28-11-7-9-24(34)30(28)35)27-16-22(17-29(36-27)45-5)23-13-12-21(14-19(2)44-4)15-26(23)38-32(18)42/h7,9,11-13,15-18,25H,2,6,8,10,14H2,1,3-5H3,(H,37,43)(H,38,42)/t18-,25-/m0/s1. The number of anilines is 1. The Morgan fingerprint density at radius 1 is 1.20 bits per heavy atom. The zero-order chi connectivity index (χ0) is 32.2. The van der Waals surface area contributed by atoms with Crippen molar-refractivity contribution in [1.82, 2.24) is 25.3 Å². The van der Waals surface area contributed by atoms with Crippen molar-refractivity contribution in [1.29, 1.82) is 0 Å². The average molecular weight is 633 g/mol. The fraction of sp³-hybridized carbons (Fsp3) is 0.303. The molecule has 2 N–H and O–H groups in total. The molecule has 0 aliphatic carbocycles. The Morgan fingerprint density at radius 2 is 2.00 bits per heavy atom. The number of carbonyl (C=O) groups excluding carboxylic acids is 2. The van der Waals surface area contributed by atoms with Crippen molar-refractivity contribution in [2.75, 3.05) is 19.5 Å². The van der Waals surface area contributed by atoms with Crippen LogP contribution in [0.5, 0.6) is 5.88 Å². The molecule has 2 aromatic heterocycles. The number of nitrogens with zero attached hydrogens (tertiary/aromatic N) is 4. The first-order valence-electron chi connectivity index (χ1n) is 14.5. The maximum atomic E-state index is 14.7. The molecule has 234 valence electrons. The van der Waals surface area contributed by atoms with Gasteiger partial charge in [-0.3, -0.25) is 9.59 Å². The number of aromatic nitrogens is 4. The molecule has 0 saturated carbocycles. The second-order valence-corrected chi connectivity index (χ2v) is 11.4. The number of pyridine rings is 1. The number of rotatable bonds is 7. The normalized spacial score (nSPS) is 16.4. The Hall–Kier alpha value is -4.77. The number of benzene rings is 2. The summed E-state index contributed by atoms with van der Waals surface area (Å²) in [7, 11) is 3.09. The first-order chi connectivity index (χ1) is 21.6. The van der Waals surface area contributed by atoms with Crippen LogP contribution in [0.15, 0.2) is 60.9 Å². The van der Waals surface area contributed by atoms with E-state index in [1.54, 1.807) is 26.2 Å². The highest BCUT2D eigenvalue weighted by molar-refractivity contribution is 6.30. The van der Waals surface area contributed by atoms with Crippen molar-refractivity contribution in [3.63, 3.8) is 0 Å². The molecule has 1 aliphatic rings. The zero-order valence-corrected chi connectivity index (χ0v) is 26.2. The molecule has 0 spiro atoms. The third kappa shape index (κ3) is 6.83. The number of amides is 2. The van der Waals surface area contributed by atoms with Crippen LogP contribution in [-0.2, 0) is 16.0 Å². The lowest BCUT2D eigenvalue weighted by Crippen LogP contribution is -2.30. The zero-order valence-electron chi connectivity index (χ0n) is 25.5. The van der Waals surface area contributed by atoms with Crippen LogP contribution in [0.3, 0.4) is 0 Å². The molecule has 0 fully saturated rings. The van der Waals surface area contributed by atoms with Gasteiger partial charge >= 0.3 is 0 Å². The predicted octanol–water partition coefficient (Wildman–Crippen LogP) is 6.37. The van der Waals surface area contributed by atoms with Gasteiger partial charge in [0.25, 0.3) is 5.91 Å². The van der Waals surface area contributed by atoms with Gasteiger partial charge in [-0.05, 0) is 55.2 Å². The lowest BCUT2D eigenvalue weighted by Gasteiger charge is -2.23. The van der Waals surface area contributed by atoms with Crippen LogP contribution in [0.25, 0.3) is 16.8 Å². The van der Waals surface area contributed by atoms with E-state index in [4.69, 9.17) is 26.1 Å². The second kappa shape index (κ2) is 13.5. The van der Waals surface area contributed by atoms with E-state index in [-0.39, 0.29) is 28.2 Å². The Balaban J connectivity index is 1.53. The number of nitrogens with one attached hydrogen (secondary N) is 2. The highest BCUT2D eigenvalue weighted by atomic mass is 35.5. The number of allylic oxidation sites excluding steroid dienone is 1. The van der Waals surface area contributed by atoms with Gasteiger partial charge in [0.2, 0.25) is 11.8 Å². The van der Waals surface area contributed by atoms with Crippen LogP contribution in [0.1, 0.15) is 59.7 Å². The largest absolute Gasteiger partial charge is 0.501 e. The third-order valence-electron chi connectivity index (χ3n) is 7.88. The molecule has 45 heavy (non-hydrogen) atoms. The van der Waals surface area contributed by atoms with Gasteiger partial charge in [0.1, 0.15) is 5.69 Å². The lowest BCUT2D eigenvalue weighted by atomic mass is 9.94. The quantitative estimate of drug-likeness (QED) is 0.227. The van der Waals surface area contributed by atoms with Crippen molar-refractivity contribution in [2.24, 2.45) is 5.92 Å². The van der Waals surface area contributed by atoms with E-state index in [0.717, 1.165) is 16.7 Å². The van der Waals surface area contributed by atoms with E-state index in [0.29, 0.717) is 54.4 Å². The molecule has 0 unspecified atom stereocenters. The number of ether oxygens (including phenoxy) is 2. The summed E-state index contributed by atoms with van der Waals surface area (Å²) in [4.78, 5) is 31.6. The minimum absolute atomic E-state index is 0.0341. The molecule has 2 amide bonds. The number of hydrogen-bond donors (Lipinski definition) is 2. The van der Waals surface area contributed by atoms with E-state index in [9.17, 15) is 14.0 Å². The van der Waals surface area contributed by atoms with Gasteiger partial charge in [0, 0.05) is 29.7 Å². The molecule has 1 aliphatic heterocycles. The second-order valence-electron chi connectivity index (χ2n) is 11.0. The van der Waals surface area contributed by atoms with Crippen molar-refractivity contribution in [3.8, 4) is 22.7 Å². The van der Waals surface area contributed by atoms with E-state index >= 15 is 0 Å². The van der Waals surface area contributed by atoms with Crippen molar-refractivity contribution >= 4 is 29.1 Å². The summed E-state index contributed by atoms with van der Waals surface area (Å²) in [6.45, 7) is 7.42. The number of hydrogen-bond acceptors (Lipinski definition) is 7. The summed E-state index contributed by atoms with van der Waals surface area (Å²) >= 11 is 5.96. The van der Waals surface area contributed by atoms with Gasteiger partial charge in [0.05, 0.1) is 42.4 Å². The number of methoxy groups -OCH3 is 2. The molecule has 10 nitrogen and oxygen atoms in total. The first-order valence-corrected chi connectivity index (χ1v) is 14.9. The average Bonchev–Trinajstić information content (AvgIpc) is 3.41. The van der Waals surface area contributed by atoms with Crippen LogP contribution in [0, 0.1) is 18.7 Å². The van der Waals surface area contributed by atoms with Gasteiger partial charge in [-0.15, -0.1) is 5.10 Å². The Morgan fingerprint density at radius 3 is 2.76 bits per heavy atom. The summed E-state index contributed by atoms with van der Waals surface area (Å²) in [6, 6.07) is 13.4. The fourth-order valence-electron chi connectivity index (χ4n) is 5.28. The first kappa shape index (κ1) is 31.6. The Labute approximate surface area is 265 Å². The molecule has 12 heteroatoms. The number of fused-ring (bicyclic) bond motifs is 4. The van der Waals surface area contributed by atoms with Crippen molar-refractivity contribution in [2.45, 2.75) is 45.6 Å². The highest BCUT2D eigenvalue weighted by Gasteiger charge is 2.26. The van der Waals surface area contributed by atoms with E-state index in [1.165, 1.54) is 23.9 Å². The molecule has 2 atom stereocenters. The molecular weight excluding hydrogens is 599 g/mol. The molecule has 5 rings (SSSR count). The smallest absolute Gasteiger partial charge is 0.274 e. The predicted molar refractivity (Wildman–Crippen MR) is 169 cm³/mol. The fourth-order valence-corrected chi connectivity index (χ4v) is 5.45. The van der Waals surface area contributed by atoms with Crippen LogP contribution in [0.4, 0.5) is 10.1 Å². The molecular formula is C33H34ClFN6O4. The molecule has 3 heterocycles. The summed E-state index contributed by atoms with van der Waals surface area (Å²) in [6.07, 6.45) is 2.17. The van der Waals surface area contributed by atoms with Crippen LogP contribution in [-0.4, -0.2) is 46.0 Å². The summed E-state index contributed by atoms with van der Waals surface area (Å²) < 4.78 is 26.8. The molecule has 0 radical (unpaired) electrons. The minimum atomic E-state index is -0.666. The van der Waals surface area contributed by atoms with Gasteiger partial charge in [-0.1, -0.05) is 54.9 Å². The van der Waals surface area contributed by atoms with Crippen molar-refractivity contribution in [3.05, 3.63) is 94.4 Å². The maximum Gasteiger partial charge on any atom is 0.274 e. The van der Waals surface area contributed by atoms with Gasteiger partial charge in [-0.25, -0.2) is 14.1 Å². The third-order valence-corrected chi connectivity index (χ3v) is 8.17. The van der Waals surface area contributed by atoms with E-state index in [2.05, 4.69) is 27.5 Å². The maximum absolute atomic E-state index is 14.7. The Bertz CT molecular complexity index is 1770. The van der Waals surface area contributed by atoms with Crippen LogP contribution in [0.2, 0.25) is 5.02 Å². The highest BCUT2D eigenvalue weighted by Crippen LogP contribution is 2.35. The van der Waals surface area contributed by atoms with Gasteiger partial charge < -0.3 is 20.1 Å². The Kier molecular flexibility index (Phi) is 9.48. The van der Waals surface area contributed by atoms with Gasteiger partial charge in [-0.2, -0.15) is 0 Å². The topological polar surface area (TPSA) is 120 Å². The van der Waals surface area contributed by atoms with Crippen molar-refractivity contribution < 1.29 is 23.5 Å². The minimum Gasteiger partial charge on any atom is -0.501 e. The lowest BCUT2D eigenvalue weighted by molar-refractivity contribution is -0.119. The number of carbonyl (C=O) groups is 2. The summed E-state index contributed by atoms with van der Waals surface area (Å²) in [5, 5.41) is 14.2. The van der Waals surface area contributed by atoms with E-state index < -0.39 is 17.8 Å². The molecule has 2 bridgehead atoms. The summed E-state index contributed by atoms with van der Waals surface area (Å²) in [5.41, 5.74) is 4.09. The molecule has 2 aromatic carbocycles. The van der Waals surface area contributed by atoms with Crippen LogP contribution < -0.4 is 15.4 Å². The SMILES string of the molecule is C=C(Cc1ccc2c(c1)NC(=O)[C@@H](C)CCC[C@H](NC(=O)c1nnn(-c3cccc(Cl)c3F)c1C)c1cc-2cc(OC)n1)OC. The number of halogens is 2. The van der Waals surface area contributed by atoms with Crippen LogP contribution >= 0.6 is 11.6 Å². The molecule has 4 aromatic rings. The summed E-state index contributed by atoms with van der Waals surface area (Å²) in [5.74, 6) is -0.620. The van der Waals surface area contributed by atoms with E-state index in [1.807, 2.05) is 31.2 Å². The molecule has 0 saturated heterocycles.